The molecule has 116 valence electrons. The van der Waals surface area contributed by atoms with Crippen molar-refractivity contribution in [2.24, 2.45) is 10.8 Å². The predicted octanol–water partition coefficient (Wildman–Crippen LogP) is 3.38. The smallest absolute Gasteiger partial charge is 0.311 e. The molecular weight excluding hydrogens is 266 g/mol. The highest BCUT2D eigenvalue weighted by atomic mass is 16.6. The first-order chi connectivity index (χ1) is 9.94. The first kappa shape index (κ1) is 16.0. The summed E-state index contributed by atoms with van der Waals surface area (Å²) in [5.41, 5.74) is 3.51. The third-order valence-electron chi connectivity index (χ3n) is 4.61. The zero-order valence-electron chi connectivity index (χ0n) is 12.9. The second-order valence-electron chi connectivity index (χ2n) is 6.85. The van der Waals surface area contributed by atoms with Crippen molar-refractivity contribution in [2.75, 3.05) is 6.54 Å². The molecule has 1 aromatic carbocycles. The fourth-order valence-electron chi connectivity index (χ4n) is 2.77. The molecule has 0 atom stereocenters. The molecule has 4 nitrogen and oxygen atoms in total. The van der Waals surface area contributed by atoms with Gasteiger partial charge in [0.2, 0.25) is 0 Å². The third-order valence-corrected chi connectivity index (χ3v) is 4.61. The van der Waals surface area contributed by atoms with Crippen LogP contribution in [0.2, 0.25) is 0 Å². The molecular formula is C17H25NO3. The van der Waals surface area contributed by atoms with Crippen LogP contribution in [0, 0.1) is 10.8 Å². The molecule has 1 aliphatic rings. The SMILES string of the molecule is CC1(C)CCC(CNOCc2ccccc2)(C(=O)O)CC1. The topological polar surface area (TPSA) is 58.6 Å². The van der Waals surface area contributed by atoms with Crippen LogP contribution in [0.3, 0.4) is 0 Å². The summed E-state index contributed by atoms with van der Waals surface area (Å²) in [6.07, 6.45) is 3.30. The lowest BCUT2D eigenvalue weighted by Gasteiger charge is -2.40. The Morgan fingerprint density at radius 2 is 1.81 bits per heavy atom. The van der Waals surface area contributed by atoms with Crippen LogP contribution in [-0.4, -0.2) is 17.6 Å². The maximum absolute atomic E-state index is 11.7. The van der Waals surface area contributed by atoms with Gasteiger partial charge in [0, 0.05) is 6.54 Å². The molecule has 21 heavy (non-hydrogen) atoms. The minimum absolute atomic E-state index is 0.254. The molecule has 1 aliphatic carbocycles. The molecule has 0 spiro atoms. The fourth-order valence-corrected chi connectivity index (χ4v) is 2.77. The summed E-state index contributed by atoms with van der Waals surface area (Å²) in [6, 6.07) is 9.84. The Kier molecular flexibility index (Phi) is 5.01. The first-order valence-electron chi connectivity index (χ1n) is 7.56. The van der Waals surface area contributed by atoms with E-state index in [1.807, 2.05) is 30.3 Å². The van der Waals surface area contributed by atoms with Gasteiger partial charge in [-0.25, -0.2) is 5.48 Å². The summed E-state index contributed by atoms with van der Waals surface area (Å²) in [5.74, 6) is -0.714. The average Bonchev–Trinajstić information content (AvgIpc) is 2.46. The normalized spacial score (nSPS) is 20.1. The predicted molar refractivity (Wildman–Crippen MR) is 81.6 cm³/mol. The van der Waals surface area contributed by atoms with Crippen molar-refractivity contribution in [3.63, 3.8) is 0 Å². The van der Waals surface area contributed by atoms with E-state index in [0.29, 0.717) is 26.0 Å². The molecule has 1 fully saturated rings. The van der Waals surface area contributed by atoms with E-state index in [2.05, 4.69) is 19.3 Å². The minimum atomic E-state index is -0.714. The summed E-state index contributed by atoms with van der Waals surface area (Å²) in [6.45, 7) is 5.23. The Bertz CT molecular complexity index is 460. The molecule has 0 heterocycles. The van der Waals surface area contributed by atoms with Crippen LogP contribution in [0.15, 0.2) is 30.3 Å². The molecule has 0 aromatic heterocycles. The van der Waals surface area contributed by atoms with E-state index in [0.717, 1.165) is 18.4 Å². The van der Waals surface area contributed by atoms with Crippen LogP contribution in [0.5, 0.6) is 0 Å². The number of hydroxylamine groups is 1. The maximum atomic E-state index is 11.7. The van der Waals surface area contributed by atoms with Gasteiger partial charge in [0.05, 0.1) is 12.0 Å². The van der Waals surface area contributed by atoms with Crippen LogP contribution >= 0.6 is 0 Å². The fraction of sp³-hybridized carbons (Fsp3) is 0.588. The summed E-state index contributed by atoms with van der Waals surface area (Å²) in [5, 5.41) is 9.58. The Morgan fingerprint density at radius 1 is 1.19 bits per heavy atom. The Labute approximate surface area is 126 Å². The lowest BCUT2D eigenvalue weighted by atomic mass is 9.65. The summed E-state index contributed by atoms with van der Waals surface area (Å²) >= 11 is 0. The molecule has 0 saturated heterocycles. The van der Waals surface area contributed by atoms with Crippen molar-refractivity contribution in [1.29, 1.82) is 0 Å². The molecule has 1 aromatic rings. The average molecular weight is 291 g/mol. The number of rotatable bonds is 6. The van der Waals surface area contributed by atoms with E-state index in [9.17, 15) is 9.90 Å². The molecule has 0 bridgehead atoms. The van der Waals surface area contributed by atoms with Gasteiger partial charge in [-0.3, -0.25) is 9.63 Å². The van der Waals surface area contributed by atoms with Gasteiger partial charge < -0.3 is 5.11 Å². The summed E-state index contributed by atoms with van der Waals surface area (Å²) < 4.78 is 0. The highest BCUT2D eigenvalue weighted by molar-refractivity contribution is 5.75. The second-order valence-corrected chi connectivity index (χ2v) is 6.85. The monoisotopic (exact) mass is 291 g/mol. The number of carbonyl (C=O) groups is 1. The molecule has 0 unspecified atom stereocenters. The maximum Gasteiger partial charge on any atom is 0.311 e. The molecule has 0 radical (unpaired) electrons. The van der Waals surface area contributed by atoms with Crippen LogP contribution in [0.1, 0.15) is 45.1 Å². The van der Waals surface area contributed by atoms with E-state index in [4.69, 9.17) is 4.84 Å². The van der Waals surface area contributed by atoms with E-state index >= 15 is 0 Å². The van der Waals surface area contributed by atoms with Gasteiger partial charge in [-0.15, -0.1) is 0 Å². The summed E-state index contributed by atoms with van der Waals surface area (Å²) in [7, 11) is 0. The van der Waals surface area contributed by atoms with Crippen LogP contribution in [0.4, 0.5) is 0 Å². The van der Waals surface area contributed by atoms with E-state index < -0.39 is 11.4 Å². The van der Waals surface area contributed by atoms with Crippen molar-refractivity contribution in [3.05, 3.63) is 35.9 Å². The number of benzene rings is 1. The van der Waals surface area contributed by atoms with Crippen molar-refractivity contribution >= 4 is 5.97 Å². The van der Waals surface area contributed by atoms with Crippen LogP contribution < -0.4 is 5.48 Å². The number of hydrogen-bond acceptors (Lipinski definition) is 3. The number of carboxylic acid groups (broad SMARTS) is 1. The van der Waals surface area contributed by atoms with Gasteiger partial charge in [-0.2, -0.15) is 0 Å². The third kappa shape index (κ3) is 4.29. The van der Waals surface area contributed by atoms with Gasteiger partial charge in [-0.05, 0) is 36.7 Å². The van der Waals surface area contributed by atoms with Gasteiger partial charge in [0.25, 0.3) is 0 Å². The molecule has 1 saturated carbocycles. The van der Waals surface area contributed by atoms with E-state index in [1.54, 1.807) is 0 Å². The minimum Gasteiger partial charge on any atom is -0.481 e. The molecule has 0 amide bonds. The van der Waals surface area contributed by atoms with E-state index in [-0.39, 0.29) is 5.41 Å². The first-order valence-corrected chi connectivity index (χ1v) is 7.56. The molecule has 2 rings (SSSR count). The standard InChI is InChI=1S/C17H25NO3/c1-16(2)8-10-17(11-9-16,15(19)20)13-18-21-12-14-6-4-3-5-7-14/h3-7,18H,8-13H2,1-2H3,(H,19,20). The highest BCUT2D eigenvalue weighted by Crippen LogP contribution is 2.44. The van der Waals surface area contributed by atoms with Crippen molar-refractivity contribution in [1.82, 2.24) is 5.48 Å². The molecule has 4 heteroatoms. The Hall–Kier alpha value is -1.39. The van der Waals surface area contributed by atoms with Crippen molar-refractivity contribution < 1.29 is 14.7 Å². The molecule has 0 aliphatic heterocycles. The lowest BCUT2D eigenvalue weighted by Crippen LogP contribution is -2.45. The van der Waals surface area contributed by atoms with Gasteiger partial charge >= 0.3 is 5.97 Å². The van der Waals surface area contributed by atoms with E-state index in [1.165, 1.54) is 0 Å². The summed E-state index contributed by atoms with van der Waals surface area (Å²) in [4.78, 5) is 17.1. The number of aliphatic carboxylic acids is 1. The van der Waals surface area contributed by atoms with Crippen LogP contribution in [0.25, 0.3) is 0 Å². The quantitative estimate of drug-likeness (QED) is 0.623. The number of hydrogen-bond donors (Lipinski definition) is 2. The van der Waals surface area contributed by atoms with Gasteiger partial charge in [-0.1, -0.05) is 44.2 Å². The largest absolute Gasteiger partial charge is 0.481 e. The Morgan fingerprint density at radius 3 is 2.38 bits per heavy atom. The van der Waals surface area contributed by atoms with Gasteiger partial charge in [0.15, 0.2) is 0 Å². The second kappa shape index (κ2) is 6.58. The zero-order chi connectivity index (χ0) is 15.3. The lowest BCUT2D eigenvalue weighted by molar-refractivity contribution is -0.154. The van der Waals surface area contributed by atoms with Crippen molar-refractivity contribution in [3.8, 4) is 0 Å². The Balaban J connectivity index is 1.83. The van der Waals surface area contributed by atoms with Gasteiger partial charge in [0.1, 0.15) is 0 Å². The van der Waals surface area contributed by atoms with Crippen molar-refractivity contribution in [2.45, 2.75) is 46.1 Å². The zero-order valence-corrected chi connectivity index (χ0v) is 12.9. The molecule has 2 N–H and O–H groups in total. The van der Waals surface area contributed by atoms with Crippen LogP contribution in [-0.2, 0) is 16.2 Å². The number of carboxylic acids is 1. The highest BCUT2D eigenvalue weighted by Gasteiger charge is 2.43. The number of nitrogens with one attached hydrogen (secondary N) is 1.